The Morgan fingerprint density at radius 1 is 1.48 bits per heavy atom. The maximum absolute atomic E-state index is 12.4. The van der Waals surface area contributed by atoms with Crippen molar-refractivity contribution in [2.45, 2.75) is 19.5 Å². The number of aromatic nitrogens is 2. The van der Waals surface area contributed by atoms with Crippen molar-refractivity contribution in [1.29, 1.82) is 0 Å². The molecule has 1 aromatic heterocycles. The number of hydrogen-bond acceptors (Lipinski definition) is 5. The Kier molecular flexibility index (Phi) is 4.69. The van der Waals surface area contributed by atoms with E-state index in [0.717, 1.165) is 0 Å². The van der Waals surface area contributed by atoms with Gasteiger partial charge in [-0.1, -0.05) is 0 Å². The van der Waals surface area contributed by atoms with E-state index in [-0.39, 0.29) is 29.6 Å². The first-order chi connectivity index (χ1) is 10.0. The molecule has 1 unspecified atom stereocenters. The number of nitrogens with zero attached hydrogens (tertiary/aromatic N) is 3. The van der Waals surface area contributed by atoms with Crippen molar-refractivity contribution in [3.05, 3.63) is 28.2 Å². The highest BCUT2D eigenvalue weighted by Crippen LogP contribution is 2.08. The zero-order valence-electron chi connectivity index (χ0n) is 12.0. The van der Waals surface area contributed by atoms with Crippen LogP contribution in [0.25, 0.3) is 0 Å². The van der Waals surface area contributed by atoms with Gasteiger partial charge in [-0.2, -0.15) is 5.10 Å². The molecule has 0 aliphatic carbocycles. The van der Waals surface area contributed by atoms with E-state index >= 15 is 0 Å². The summed E-state index contributed by atoms with van der Waals surface area (Å²) >= 11 is 0. The largest absolute Gasteiger partial charge is 0.383 e. The number of nitrogens with one attached hydrogen (secondary N) is 1. The second-order valence-corrected chi connectivity index (χ2v) is 4.74. The van der Waals surface area contributed by atoms with Crippen molar-refractivity contribution in [3.8, 4) is 0 Å². The fourth-order valence-corrected chi connectivity index (χ4v) is 2.11. The lowest BCUT2D eigenvalue weighted by atomic mass is 10.2. The lowest BCUT2D eigenvalue weighted by molar-refractivity contribution is -0.127. The smallest absolute Gasteiger partial charge is 0.275 e. The van der Waals surface area contributed by atoms with Crippen molar-refractivity contribution in [2.75, 3.05) is 26.8 Å². The topological polar surface area (TPSA) is 93.5 Å². The molecule has 114 valence electrons. The average Bonchev–Trinajstić information content (AvgIpc) is 2.48. The molecule has 1 saturated heterocycles. The summed E-state index contributed by atoms with van der Waals surface area (Å²) in [4.78, 5) is 37.1. The van der Waals surface area contributed by atoms with Gasteiger partial charge >= 0.3 is 0 Å². The first-order valence-electron chi connectivity index (χ1n) is 6.70. The molecule has 1 aliphatic rings. The van der Waals surface area contributed by atoms with Gasteiger partial charge in [0.1, 0.15) is 11.7 Å². The molecule has 1 aliphatic heterocycles. The van der Waals surface area contributed by atoms with Crippen LogP contribution in [0.5, 0.6) is 0 Å². The normalized spacial score (nSPS) is 18.5. The van der Waals surface area contributed by atoms with Crippen molar-refractivity contribution in [1.82, 2.24) is 20.0 Å². The molecule has 0 saturated carbocycles. The van der Waals surface area contributed by atoms with Gasteiger partial charge in [0.15, 0.2) is 0 Å². The summed E-state index contributed by atoms with van der Waals surface area (Å²) in [6.45, 7) is 3.09. The fraction of sp³-hybridized carbons (Fsp3) is 0.538. The van der Waals surface area contributed by atoms with Crippen LogP contribution in [0.4, 0.5) is 0 Å². The van der Waals surface area contributed by atoms with E-state index in [1.54, 1.807) is 6.92 Å². The van der Waals surface area contributed by atoms with Gasteiger partial charge in [0.25, 0.3) is 11.5 Å². The summed E-state index contributed by atoms with van der Waals surface area (Å²) in [5, 5.41) is 6.74. The van der Waals surface area contributed by atoms with Gasteiger partial charge in [-0.15, -0.1) is 0 Å². The fourth-order valence-electron chi connectivity index (χ4n) is 2.11. The van der Waals surface area contributed by atoms with Gasteiger partial charge in [-0.25, -0.2) is 4.68 Å². The summed E-state index contributed by atoms with van der Waals surface area (Å²) in [7, 11) is 1.52. The van der Waals surface area contributed by atoms with Crippen LogP contribution < -0.4 is 10.9 Å². The molecule has 2 rings (SSSR count). The summed E-state index contributed by atoms with van der Waals surface area (Å²) in [6.07, 6.45) is 0. The average molecular weight is 294 g/mol. The molecule has 0 spiro atoms. The van der Waals surface area contributed by atoms with Crippen molar-refractivity contribution < 1.29 is 14.3 Å². The highest BCUT2D eigenvalue weighted by atomic mass is 16.5. The Morgan fingerprint density at radius 3 is 2.95 bits per heavy atom. The van der Waals surface area contributed by atoms with E-state index in [1.807, 2.05) is 0 Å². The number of methoxy groups -OCH3 is 1. The van der Waals surface area contributed by atoms with E-state index in [1.165, 1.54) is 28.8 Å². The minimum atomic E-state index is -0.549. The van der Waals surface area contributed by atoms with Crippen LogP contribution in [0, 0.1) is 0 Å². The number of amides is 2. The Hall–Kier alpha value is -2.22. The molecule has 1 atom stereocenters. The number of hydrogen-bond donors (Lipinski definition) is 1. The summed E-state index contributed by atoms with van der Waals surface area (Å²) in [6, 6.07) is 2.13. The Bertz CT molecular complexity index is 598. The predicted molar refractivity (Wildman–Crippen MR) is 73.9 cm³/mol. The van der Waals surface area contributed by atoms with E-state index in [4.69, 9.17) is 4.74 Å². The first kappa shape index (κ1) is 15.2. The highest BCUT2D eigenvalue weighted by molar-refractivity contribution is 5.96. The van der Waals surface area contributed by atoms with Gasteiger partial charge in [0.05, 0.1) is 13.2 Å². The lowest BCUT2D eigenvalue weighted by Gasteiger charge is -2.32. The molecule has 0 radical (unpaired) electrons. The minimum absolute atomic E-state index is 0.146. The molecular formula is C13H18N4O4. The molecule has 1 aromatic rings. The molecule has 8 heteroatoms. The molecule has 2 heterocycles. The summed E-state index contributed by atoms with van der Waals surface area (Å²) < 4.78 is 6.09. The monoisotopic (exact) mass is 294 g/mol. The Labute approximate surface area is 121 Å². The minimum Gasteiger partial charge on any atom is -0.383 e. The van der Waals surface area contributed by atoms with Crippen LogP contribution in [-0.4, -0.2) is 59.3 Å². The van der Waals surface area contributed by atoms with Gasteiger partial charge < -0.3 is 15.0 Å². The Morgan fingerprint density at radius 2 is 2.24 bits per heavy atom. The third kappa shape index (κ3) is 3.27. The summed E-state index contributed by atoms with van der Waals surface area (Å²) in [5.41, 5.74) is -0.153. The van der Waals surface area contributed by atoms with Crippen LogP contribution in [-0.2, 0) is 16.1 Å². The third-order valence-corrected chi connectivity index (χ3v) is 3.35. The maximum atomic E-state index is 12.4. The second kappa shape index (κ2) is 6.49. The van der Waals surface area contributed by atoms with Crippen molar-refractivity contribution >= 4 is 11.8 Å². The van der Waals surface area contributed by atoms with Gasteiger partial charge in [0.2, 0.25) is 5.91 Å². The number of ether oxygens (including phenoxy) is 1. The number of piperazine rings is 1. The maximum Gasteiger partial charge on any atom is 0.275 e. The van der Waals surface area contributed by atoms with E-state index < -0.39 is 6.04 Å². The highest BCUT2D eigenvalue weighted by Gasteiger charge is 2.30. The SMILES string of the molecule is COCCn1nc(C(=O)N2CCNC(=O)C2C)ccc1=O. The van der Waals surface area contributed by atoms with E-state index in [0.29, 0.717) is 19.7 Å². The lowest BCUT2D eigenvalue weighted by Crippen LogP contribution is -2.56. The van der Waals surface area contributed by atoms with Crippen LogP contribution in [0.15, 0.2) is 16.9 Å². The second-order valence-electron chi connectivity index (χ2n) is 4.74. The van der Waals surface area contributed by atoms with Gasteiger partial charge in [-0.05, 0) is 13.0 Å². The number of carbonyl (C=O) groups is 2. The Balaban J connectivity index is 2.22. The molecule has 8 nitrogen and oxygen atoms in total. The van der Waals surface area contributed by atoms with Crippen LogP contribution in [0.1, 0.15) is 17.4 Å². The molecule has 2 amide bonds. The quantitative estimate of drug-likeness (QED) is 0.757. The molecule has 1 N–H and O–H groups in total. The van der Waals surface area contributed by atoms with E-state index in [9.17, 15) is 14.4 Å². The number of rotatable bonds is 4. The molecule has 0 aromatic carbocycles. The van der Waals surface area contributed by atoms with Gasteiger partial charge in [-0.3, -0.25) is 14.4 Å². The van der Waals surface area contributed by atoms with Crippen molar-refractivity contribution in [2.24, 2.45) is 0 Å². The van der Waals surface area contributed by atoms with Crippen molar-refractivity contribution in [3.63, 3.8) is 0 Å². The van der Waals surface area contributed by atoms with Gasteiger partial charge in [0, 0.05) is 26.3 Å². The predicted octanol–water partition coefficient (Wildman–Crippen LogP) is -1.15. The van der Waals surface area contributed by atoms with Crippen LogP contribution in [0.2, 0.25) is 0 Å². The number of carbonyl (C=O) groups excluding carboxylic acids is 2. The zero-order chi connectivity index (χ0) is 15.4. The standard InChI is InChI=1S/C13H18N4O4/c1-9-12(19)14-5-6-16(9)13(20)10-3-4-11(18)17(15-10)7-8-21-2/h3-4,9H,5-8H2,1-2H3,(H,14,19). The molecule has 21 heavy (non-hydrogen) atoms. The van der Waals surface area contributed by atoms with E-state index in [2.05, 4.69) is 10.4 Å². The third-order valence-electron chi connectivity index (χ3n) is 3.35. The first-order valence-corrected chi connectivity index (χ1v) is 6.70. The van der Waals surface area contributed by atoms with Crippen LogP contribution >= 0.6 is 0 Å². The molecular weight excluding hydrogens is 276 g/mol. The molecule has 1 fully saturated rings. The zero-order valence-corrected chi connectivity index (χ0v) is 12.0. The van der Waals surface area contributed by atoms with Crippen LogP contribution in [0.3, 0.4) is 0 Å². The molecule has 0 bridgehead atoms. The summed E-state index contributed by atoms with van der Waals surface area (Å²) in [5.74, 6) is -0.550.